The van der Waals surface area contributed by atoms with Crippen molar-refractivity contribution in [3.63, 3.8) is 0 Å². The van der Waals surface area contributed by atoms with Crippen LogP contribution in [0.15, 0.2) is 63.8 Å². The van der Waals surface area contributed by atoms with Crippen LogP contribution in [0.25, 0.3) is 32.9 Å². The van der Waals surface area contributed by atoms with E-state index in [1.165, 1.54) is 18.2 Å². The lowest BCUT2D eigenvalue weighted by Gasteiger charge is -2.32. The number of phenols is 1. The molecule has 1 unspecified atom stereocenters. The van der Waals surface area contributed by atoms with Crippen LogP contribution in [0.2, 0.25) is 0 Å². The van der Waals surface area contributed by atoms with Crippen molar-refractivity contribution in [2.24, 2.45) is 0 Å². The average molecular weight is 484 g/mol. The second kappa shape index (κ2) is 8.70. The van der Waals surface area contributed by atoms with Gasteiger partial charge in [0, 0.05) is 0 Å². The number of morpholine rings is 1. The summed E-state index contributed by atoms with van der Waals surface area (Å²) in [6.45, 7) is 5.29. The van der Waals surface area contributed by atoms with Crippen molar-refractivity contribution >= 4 is 21.7 Å². The molecular formula is C27H25F3NO4+. The van der Waals surface area contributed by atoms with Crippen molar-refractivity contribution in [3.05, 3.63) is 76.1 Å². The molecule has 0 amide bonds. The SMILES string of the molecule is C[C@@H]1C[NH+](Cc2c(O)ccc3c(=O)c(-c4cccc5ccccc45)c(C(F)(F)F)oc23)C[C@H](C)O1. The second-order valence-electron chi connectivity index (χ2n) is 9.19. The zero-order valence-electron chi connectivity index (χ0n) is 19.3. The Hall–Kier alpha value is -3.36. The van der Waals surface area contributed by atoms with Gasteiger partial charge in [-0.05, 0) is 42.3 Å². The Balaban J connectivity index is 1.76. The maximum atomic E-state index is 14.3. The van der Waals surface area contributed by atoms with Gasteiger partial charge in [0.15, 0.2) is 5.58 Å². The molecule has 8 heteroatoms. The first-order valence-electron chi connectivity index (χ1n) is 11.5. The van der Waals surface area contributed by atoms with E-state index in [-0.39, 0.29) is 46.6 Å². The van der Waals surface area contributed by atoms with Crippen LogP contribution in [0, 0.1) is 0 Å². The topological polar surface area (TPSA) is 64.1 Å². The highest BCUT2D eigenvalue weighted by Crippen LogP contribution is 2.40. The summed E-state index contributed by atoms with van der Waals surface area (Å²) in [5, 5.41) is 11.8. The maximum Gasteiger partial charge on any atom is 0.450 e. The first kappa shape index (κ1) is 23.4. The third kappa shape index (κ3) is 4.28. The quantitative estimate of drug-likeness (QED) is 0.449. The van der Waals surface area contributed by atoms with E-state index >= 15 is 0 Å². The number of hydrogen-bond donors (Lipinski definition) is 2. The van der Waals surface area contributed by atoms with Crippen LogP contribution in [0.1, 0.15) is 25.2 Å². The van der Waals surface area contributed by atoms with E-state index in [0.717, 1.165) is 4.90 Å². The summed E-state index contributed by atoms with van der Waals surface area (Å²) in [4.78, 5) is 14.7. The molecule has 2 N–H and O–H groups in total. The van der Waals surface area contributed by atoms with E-state index in [2.05, 4.69) is 0 Å². The number of alkyl halides is 3. The van der Waals surface area contributed by atoms with Gasteiger partial charge in [-0.2, -0.15) is 13.2 Å². The number of quaternary nitrogens is 1. The number of rotatable bonds is 3. The third-order valence-electron chi connectivity index (χ3n) is 6.50. The normalized spacial score (nSPS) is 21.0. The number of nitrogens with one attached hydrogen (secondary N) is 1. The van der Waals surface area contributed by atoms with Crippen LogP contribution in [-0.4, -0.2) is 30.4 Å². The molecule has 2 heterocycles. The van der Waals surface area contributed by atoms with Gasteiger partial charge in [0.2, 0.25) is 11.2 Å². The van der Waals surface area contributed by atoms with Crippen molar-refractivity contribution in [3.8, 4) is 16.9 Å². The third-order valence-corrected chi connectivity index (χ3v) is 6.50. The van der Waals surface area contributed by atoms with Gasteiger partial charge in [0.05, 0.1) is 16.5 Å². The summed E-state index contributed by atoms with van der Waals surface area (Å²) < 4.78 is 54.2. The molecule has 0 bridgehead atoms. The highest BCUT2D eigenvalue weighted by Gasteiger charge is 2.40. The minimum absolute atomic E-state index is 0.00231. The first-order chi connectivity index (χ1) is 16.6. The highest BCUT2D eigenvalue weighted by atomic mass is 19.4. The van der Waals surface area contributed by atoms with E-state index in [4.69, 9.17) is 9.15 Å². The van der Waals surface area contributed by atoms with Crippen LogP contribution in [0.4, 0.5) is 13.2 Å². The van der Waals surface area contributed by atoms with Crippen LogP contribution >= 0.6 is 0 Å². The van der Waals surface area contributed by atoms with Gasteiger partial charge in [0.1, 0.15) is 37.6 Å². The zero-order chi connectivity index (χ0) is 24.9. The Morgan fingerprint density at radius 1 is 0.971 bits per heavy atom. The van der Waals surface area contributed by atoms with Crippen molar-refractivity contribution in [2.45, 2.75) is 38.8 Å². The highest BCUT2D eigenvalue weighted by molar-refractivity contribution is 5.99. The van der Waals surface area contributed by atoms with E-state index in [1.807, 2.05) is 13.8 Å². The number of hydrogen-bond acceptors (Lipinski definition) is 4. The van der Waals surface area contributed by atoms with Crippen LogP contribution < -0.4 is 10.3 Å². The van der Waals surface area contributed by atoms with Crippen molar-refractivity contribution < 1.29 is 32.3 Å². The summed E-state index contributed by atoms with van der Waals surface area (Å²) in [6.07, 6.45) is -5.00. The van der Waals surface area contributed by atoms with Gasteiger partial charge in [-0.15, -0.1) is 0 Å². The van der Waals surface area contributed by atoms with Crippen molar-refractivity contribution in [2.75, 3.05) is 13.1 Å². The Kier molecular flexibility index (Phi) is 5.81. The minimum atomic E-state index is -4.92. The van der Waals surface area contributed by atoms with E-state index in [9.17, 15) is 23.1 Å². The van der Waals surface area contributed by atoms with Crippen molar-refractivity contribution in [1.82, 2.24) is 0 Å². The number of aromatic hydroxyl groups is 1. The van der Waals surface area contributed by atoms with Gasteiger partial charge in [-0.1, -0.05) is 42.5 Å². The summed E-state index contributed by atoms with van der Waals surface area (Å²) in [6, 6.07) is 14.5. The molecule has 1 saturated heterocycles. The van der Waals surface area contributed by atoms with Crippen LogP contribution in [-0.2, 0) is 17.5 Å². The first-order valence-corrected chi connectivity index (χ1v) is 11.5. The monoisotopic (exact) mass is 484 g/mol. The molecule has 4 aromatic rings. The standard InChI is InChI=1S/C27H24F3NO4/c1-15-12-31(13-16(2)34-15)14-21-22(32)11-10-20-24(33)23(26(27(28,29)30)35-25(20)21)19-9-5-7-17-6-3-4-8-18(17)19/h3-11,15-16,32H,12-14H2,1-2H3/p+1/t15-,16+. The van der Waals surface area contributed by atoms with Gasteiger partial charge < -0.3 is 19.2 Å². The minimum Gasteiger partial charge on any atom is -0.507 e. The van der Waals surface area contributed by atoms with Crippen LogP contribution in [0.5, 0.6) is 5.75 Å². The summed E-state index contributed by atoms with van der Waals surface area (Å²) in [7, 11) is 0. The van der Waals surface area contributed by atoms with Crippen LogP contribution in [0.3, 0.4) is 0 Å². The van der Waals surface area contributed by atoms with E-state index in [0.29, 0.717) is 23.9 Å². The number of ether oxygens (including phenoxy) is 1. The molecule has 5 nitrogen and oxygen atoms in total. The zero-order valence-corrected chi connectivity index (χ0v) is 19.3. The fraction of sp³-hybridized carbons (Fsp3) is 0.296. The summed E-state index contributed by atoms with van der Waals surface area (Å²) >= 11 is 0. The Bertz CT molecular complexity index is 1460. The van der Waals surface area contributed by atoms with E-state index < -0.39 is 22.9 Å². The average Bonchev–Trinajstić information content (AvgIpc) is 2.79. The summed E-state index contributed by atoms with van der Waals surface area (Å²) in [5.74, 6) is -1.57. The smallest absolute Gasteiger partial charge is 0.450 e. The predicted molar refractivity (Wildman–Crippen MR) is 127 cm³/mol. The second-order valence-corrected chi connectivity index (χ2v) is 9.19. The molecule has 1 aliphatic rings. The molecule has 182 valence electrons. The number of fused-ring (bicyclic) bond motifs is 2. The molecule has 35 heavy (non-hydrogen) atoms. The van der Waals surface area contributed by atoms with Gasteiger partial charge in [0.25, 0.3) is 0 Å². The molecule has 5 rings (SSSR count). The van der Waals surface area contributed by atoms with E-state index in [1.54, 1.807) is 36.4 Å². The lowest BCUT2D eigenvalue weighted by molar-refractivity contribution is -0.928. The Labute approximate surface area is 199 Å². The molecule has 0 saturated carbocycles. The maximum absolute atomic E-state index is 14.3. The Morgan fingerprint density at radius 3 is 2.37 bits per heavy atom. The molecule has 0 radical (unpaired) electrons. The lowest BCUT2D eigenvalue weighted by atomic mass is 9.95. The fourth-order valence-corrected chi connectivity index (χ4v) is 5.15. The molecule has 0 aliphatic carbocycles. The largest absolute Gasteiger partial charge is 0.507 e. The molecule has 1 aliphatic heterocycles. The number of halogens is 3. The number of benzene rings is 3. The van der Waals surface area contributed by atoms with Gasteiger partial charge in [-0.3, -0.25) is 4.79 Å². The molecule has 3 aromatic carbocycles. The molecular weight excluding hydrogens is 459 g/mol. The molecule has 1 fully saturated rings. The van der Waals surface area contributed by atoms with Crippen molar-refractivity contribution in [1.29, 1.82) is 0 Å². The van der Waals surface area contributed by atoms with Gasteiger partial charge >= 0.3 is 6.18 Å². The molecule has 1 aromatic heterocycles. The predicted octanol–water partition coefficient (Wildman–Crippen LogP) is 4.53. The number of phenolic OH excluding ortho intramolecular Hbond substituents is 1. The fourth-order valence-electron chi connectivity index (χ4n) is 5.15. The van der Waals surface area contributed by atoms with Gasteiger partial charge in [-0.25, -0.2) is 0 Å². The molecule has 0 spiro atoms. The summed E-state index contributed by atoms with van der Waals surface area (Å²) in [5.41, 5.74) is -1.20. The lowest BCUT2D eigenvalue weighted by Crippen LogP contribution is -3.14. The molecule has 3 atom stereocenters. The Morgan fingerprint density at radius 2 is 1.66 bits per heavy atom.